The summed E-state index contributed by atoms with van der Waals surface area (Å²) in [6.07, 6.45) is 5.42. The van der Waals surface area contributed by atoms with E-state index in [4.69, 9.17) is 9.47 Å². The lowest BCUT2D eigenvalue weighted by Gasteiger charge is -2.30. The molecule has 4 rings (SSSR count). The Hall–Kier alpha value is -2.18. The second-order valence-electron chi connectivity index (χ2n) is 7.01. The average molecular weight is 355 g/mol. The van der Waals surface area contributed by atoms with E-state index >= 15 is 0 Å². The van der Waals surface area contributed by atoms with Crippen LogP contribution in [-0.2, 0) is 34.0 Å². The van der Waals surface area contributed by atoms with Crippen molar-refractivity contribution in [1.82, 2.24) is 14.5 Å². The van der Waals surface area contributed by atoms with Gasteiger partial charge >= 0.3 is 0 Å². The van der Waals surface area contributed by atoms with Crippen molar-refractivity contribution in [3.05, 3.63) is 54.1 Å². The zero-order chi connectivity index (χ0) is 17.8. The number of aromatic nitrogens is 2. The smallest absolute Gasteiger partial charge is 0.226 e. The van der Waals surface area contributed by atoms with Crippen molar-refractivity contribution < 1.29 is 14.3 Å². The summed E-state index contributed by atoms with van der Waals surface area (Å²) in [6, 6.07) is 9.95. The normalized spacial score (nSPS) is 21.2. The van der Waals surface area contributed by atoms with Crippen molar-refractivity contribution in [2.24, 2.45) is 5.92 Å². The molecule has 6 heteroatoms. The fourth-order valence-corrected chi connectivity index (χ4v) is 3.72. The third-order valence-corrected chi connectivity index (χ3v) is 5.18. The average Bonchev–Trinajstić information content (AvgIpc) is 3.05. The summed E-state index contributed by atoms with van der Waals surface area (Å²) in [6.45, 7) is 3.84. The van der Waals surface area contributed by atoms with Gasteiger partial charge < -0.3 is 18.9 Å². The maximum absolute atomic E-state index is 13.1. The van der Waals surface area contributed by atoms with Crippen LogP contribution in [0.2, 0.25) is 0 Å². The van der Waals surface area contributed by atoms with Gasteiger partial charge in [0.15, 0.2) is 0 Å². The zero-order valence-electron chi connectivity index (χ0n) is 14.9. The van der Waals surface area contributed by atoms with Crippen LogP contribution in [0.5, 0.6) is 0 Å². The molecule has 1 unspecified atom stereocenters. The van der Waals surface area contributed by atoms with Crippen LogP contribution in [0.15, 0.2) is 42.7 Å². The van der Waals surface area contributed by atoms with E-state index in [0.717, 1.165) is 30.8 Å². The van der Waals surface area contributed by atoms with Crippen LogP contribution in [0.1, 0.15) is 24.2 Å². The Morgan fingerprint density at radius 2 is 2.08 bits per heavy atom. The summed E-state index contributed by atoms with van der Waals surface area (Å²) >= 11 is 0. The van der Waals surface area contributed by atoms with Gasteiger partial charge in [-0.25, -0.2) is 0 Å². The van der Waals surface area contributed by atoms with E-state index in [-0.39, 0.29) is 17.9 Å². The van der Waals surface area contributed by atoms with Gasteiger partial charge in [0.1, 0.15) is 0 Å². The fourth-order valence-electron chi connectivity index (χ4n) is 3.72. The van der Waals surface area contributed by atoms with E-state index < -0.39 is 0 Å². The Morgan fingerprint density at radius 3 is 2.88 bits per heavy atom. The van der Waals surface area contributed by atoms with Gasteiger partial charge in [-0.2, -0.15) is 0 Å². The number of hydrogen-bond acceptors (Lipinski definition) is 4. The van der Waals surface area contributed by atoms with Crippen LogP contribution in [0.25, 0.3) is 0 Å². The quantitative estimate of drug-likeness (QED) is 0.844. The predicted molar refractivity (Wildman–Crippen MR) is 96.2 cm³/mol. The van der Waals surface area contributed by atoms with Crippen molar-refractivity contribution in [2.75, 3.05) is 19.8 Å². The van der Waals surface area contributed by atoms with Crippen molar-refractivity contribution >= 4 is 5.91 Å². The molecule has 1 saturated heterocycles. The van der Waals surface area contributed by atoms with Gasteiger partial charge in [-0.1, -0.05) is 6.07 Å². The Labute approximate surface area is 153 Å². The van der Waals surface area contributed by atoms with E-state index in [1.54, 1.807) is 6.20 Å². The standard InChI is InChI=1S/C20H25N3O3/c24-20(16-6-10-25-11-7-16)23-12-18-5-3-9-22(18)13-19(14-23)26-15-17-4-1-2-8-21-17/h1-5,8-9,16,19H,6-7,10-15H2. The molecule has 1 atom stereocenters. The molecule has 0 aromatic carbocycles. The van der Waals surface area contributed by atoms with Gasteiger partial charge in [0.05, 0.1) is 31.5 Å². The summed E-state index contributed by atoms with van der Waals surface area (Å²) in [5.41, 5.74) is 2.07. The van der Waals surface area contributed by atoms with Crippen LogP contribution >= 0.6 is 0 Å². The second kappa shape index (κ2) is 8.01. The summed E-state index contributed by atoms with van der Waals surface area (Å²) in [5.74, 6) is 0.302. The summed E-state index contributed by atoms with van der Waals surface area (Å²) < 4.78 is 13.7. The van der Waals surface area contributed by atoms with Crippen LogP contribution < -0.4 is 0 Å². The maximum Gasteiger partial charge on any atom is 0.226 e. The number of fused-ring (bicyclic) bond motifs is 1. The highest BCUT2D eigenvalue weighted by atomic mass is 16.5. The number of hydrogen-bond donors (Lipinski definition) is 0. The van der Waals surface area contributed by atoms with Gasteiger partial charge in [-0.05, 0) is 37.1 Å². The molecule has 0 spiro atoms. The lowest BCUT2D eigenvalue weighted by molar-refractivity contribution is -0.141. The minimum atomic E-state index is -0.0468. The lowest BCUT2D eigenvalue weighted by atomic mass is 9.98. The van der Waals surface area contributed by atoms with E-state index in [1.165, 1.54) is 0 Å². The Morgan fingerprint density at radius 1 is 1.19 bits per heavy atom. The van der Waals surface area contributed by atoms with Crippen LogP contribution in [0.3, 0.4) is 0 Å². The monoisotopic (exact) mass is 355 g/mol. The first kappa shape index (κ1) is 17.2. The Kier molecular flexibility index (Phi) is 5.32. The number of nitrogens with zero attached hydrogens (tertiary/aromatic N) is 3. The van der Waals surface area contributed by atoms with Crippen molar-refractivity contribution in [3.63, 3.8) is 0 Å². The summed E-state index contributed by atoms with van der Waals surface area (Å²) in [5, 5.41) is 0. The number of rotatable bonds is 4. The SMILES string of the molecule is O=C(C1CCOCC1)N1Cc2cccn2CC(OCc2ccccn2)C1. The topological polar surface area (TPSA) is 56.6 Å². The van der Waals surface area contributed by atoms with Crippen LogP contribution in [0.4, 0.5) is 0 Å². The maximum atomic E-state index is 13.1. The van der Waals surface area contributed by atoms with Crippen LogP contribution in [0, 0.1) is 5.92 Å². The van der Waals surface area contributed by atoms with Gasteiger partial charge in [-0.15, -0.1) is 0 Å². The minimum absolute atomic E-state index is 0.0468. The van der Waals surface area contributed by atoms with Crippen molar-refractivity contribution in [3.8, 4) is 0 Å². The minimum Gasteiger partial charge on any atom is -0.381 e. The first-order valence-corrected chi connectivity index (χ1v) is 9.31. The number of ether oxygens (including phenoxy) is 2. The molecule has 1 fully saturated rings. The number of carbonyl (C=O) groups is 1. The molecular formula is C20H25N3O3. The fraction of sp³-hybridized carbons (Fsp3) is 0.500. The van der Waals surface area contributed by atoms with Crippen molar-refractivity contribution in [2.45, 2.75) is 38.6 Å². The van der Waals surface area contributed by atoms with Gasteiger partial charge in [-0.3, -0.25) is 9.78 Å². The Bertz CT molecular complexity index is 725. The second-order valence-corrected chi connectivity index (χ2v) is 7.01. The molecule has 2 aromatic heterocycles. The summed E-state index contributed by atoms with van der Waals surface area (Å²) in [4.78, 5) is 19.3. The van der Waals surface area contributed by atoms with E-state index in [9.17, 15) is 4.79 Å². The third-order valence-electron chi connectivity index (χ3n) is 5.18. The molecule has 2 aliphatic heterocycles. The highest BCUT2D eigenvalue weighted by Gasteiger charge is 2.30. The molecule has 26 heavy (non-hydrogen) atoms. The van der Waals surface area contributed by atoms with E-state index in [0.29, 0.717) is 32.9 Å². The first-order valence-electron chi connectivity index (χ1n) is 9.31. The number of carbonyl (C=O) groups excluding carboxylic acids is 1. The van der Waals surface area contributed by atoms with Gasteiger partial charge in [0.2, 0.25) is 5.91 Å². The van der Waals surface area contributed by atoms with Gasteiger partial charge in [0, 0.05) is 43.8 Å². The zero-order valence-corrected chi connectivity index (χ0v) is 14.9. The molecule has 0 radical (unpaired) electrons. The van der Waals surface area contributed by atoms with Crippen molar-refractivity contribution in [1.29, 1.82) is 0 Å². The molecule has 0 saturated carbocycles. The van der Waals surface area contributed by atoms with E-state index in [1.807, 2.05) is 29.2 Å². The largest absolute Gasteiger partial charge is 0.381 e. The molecule has 138 valence electrons. The van der Waals surface area contributed by atoms with Crippen LogP contribution in [-0.4, -0.2) is 46.2 Å². The number of pyridine rings is 1. The molecular weight excluding hydrogens is 330 g/mol. The highest BCUT2D eigenvalue weighted by molar-refractivity contribution is 5.79. The first-order chi connectivity index (χ1) is 12.8. The molecule has 1 amide bonds. The molecule has 6 nitrogen and oxygen atoms in total. The Balaban J connectivity index is 1.47. The molecule has 2 aromatic rings. The van der Waals surface area contributed by atoms with E-state index in [2.05, 4.69) is 21.8 Å². The predicted octanol–water partition coefficient (Wildman–Crippen LogP) is 2.24. The lowest BCUT2D eigenvalue weighted by Crippen LogP contribution is -2.42. The molecule has 0 bridgehead atoms. The summed E-state index contributed by atoms with van der Waals surface area (Å²) in [7, 11) is 0. The molecule has 2 aliphatic rings. The third kappa shape index (κ3) is 3.97. The highest BCUT2D eigenvalue weighted by Crippen LogP contribution is 2.22. The molecule has 0 aliphatic carbocycles. The van der Waals surface area contributed by atoms with Gasteiger partial charge in [0.25, 0.3) is 0 Å². The molecule has 0 N–H and O–H groups in total. The molecule has 4 heterocycles. The number of amides is 1.